The molecule has 0 aliphatic carbocycles. The van der Waals surface area contributed by atoms with Crippen LogP contribution in [-0.2, 0) is 11.3 Å². The molecule has 8 nitrogen and oxygen atoms in total. The summed E-state index contributed by atoms with van der Waals surface area (Å²) in [5, 5.41) is 11.0. The number of ether oxygens (including phenoxy) is 2. The van der Waals surface area contributed by atoms with Gasteiger partial charge in [-0.2, -0.15) is 0 Å². The monoisotopic (exact) mass is 487 g/mol. The van der Waals surface area contributed by atoms with Gasteiger partial charge < -0.3 is 19.6 Å². The lowest BCUT2D eigenvalue weighted by Gasteiger charge is -2.28. The van der Waals surface area contributed by atoms with Crippen molar-refractivity contribution in [3.05, 3.63) is 56.4 Å². The number of para-hydroxylation sites is 1. The molecule has 2 aromatic heterocycles. The Kier molecular flexibility index (Phi) is 8.46. The molecule has 34 heavy (non-hydrogen) atoms. The van der Waals surface area contributed by atoms with Crippen molar-refractivity contribution in [1.29, 1.82) is 0 Å². The van der Waals surface area contributed by atoms with E-state index in [4.69, 9.17) is 9.47 Å². The van der Waals surface area contributed by atoms with Crippen LogP contribution in [-0.4, -0.2) is 57.3 Å². The van der Waals surface area contributed by atoms with E-state index in [0.717, 1.165) is 11.3 Å². The molecule has 1 atom stereocenters. The number of hydrogen-bond donors (Lipinski definition) is 2. The molecule has 1 aromatic carbocycles. The molecule has 0 aliphatic heterocycles. The standard InChI is InChI=1S/C25H33N3O5S/c1-14(2)28(11-18(29)13-32-19-10-8-7-9-16(19)5)12-20-26-23(30)21-17(6)22(34-24(21)27-20)25(31)33-15(3)4/h7-10,14-15,18,29H,11-13H2,1-6H3,(H,26,27,30)/t18-/m1/s1. The minimum Gasteiger partial charge on any atom is -0.491 e. The van der Waals surface area contributed by atoms with E-state index in [1.807, 2.05) is 49.9 Å². The summed E-state index contributed by atoms with van der Waals surface area (Å²) < 4.78 is 11.1. The van der Waals surface area contributed by atoms with Crippen LogP contribution in [0.25, 0.3) is 10.2 Å². The second-order valence-electron chi connectivity index (χ2n) is 8.96. The summed E-state index contributed by atoms with van der Waals surface area (Å²) in [7, 11) is 0. The van der Waals surface area contributed by atoms with E-state index in [-0.39, 0.29) is 24.3 Å². The Bertz CT molecular complexity index is 1200. The molecule has 0 amide bonds. The highest BCUT2D eigenvalue weighted by molar-refractivity contribution is 7.20. The quantitative estimate of drug-likeness (QED) is 0.419. The number of aromatic amines is 1. The fourth-order valence-electron chi connectivity index (χ4n) is 3.60. The topological polar surface area (TPSA) is 105 Å². The molecule has 0 spiro atoms. The first-order chi connectivity index (χ1) is 16.1. The first kappa shape index (κ1) is 25.9. The van der Waals surface area contributed by atoms with Gasteiger partial charge in [-0.25, -0.2) is 9.78 Å². The lowest BCUT2D eigenvalue weighted by atomic mass is 10.2. The Hall–Kier alpha value is -2.75. The number of aromatic nitrogens is 2. The number of aliphatic hydroxyl groups excluding tert-OH is 1. The SMILES string of the molecule is Cc1ccccc1OC[C@H](O)CN(Cc1nc2sc(C(=O)OC(C)C)c(C)c2c(=O)[nH]1)C(C)C. The molecule has 0 saturated carbocycles. The van der Waals surface area contributed by atoms with Crippen molar-refractivity contribution in [3.8, 4) is 5.75 Å². The van der Waals surface area contributed by atoms with Crippen molar-refractivity contribution in [3.63, 3.8) is 0 Å². The number of carbonyl (C=O) groups excluding carboxylic acids is 1. The van der Waals surface area contributed by atoms with E-state index in [1.54, 1.807) is 20.8 Å². The van der Waals surface area contributed by atoms with Crippen LogP contribution in [0.15, 0.2) is 29.1 Å². The van der Waals surface area contributed by atoms with Gasteiger partial charge in [-0.3, -0.25) is 9.69 Å². The van der Waals surface area contributed by atoms with Crippen LogP contribution in [0.1, 0.15) is 54.3 Å². The summed E-state index contributed by atoms with van der Waals surface area (Å²) in [6, 6.07) is 7.76. The van der Waals surface area contributed by atoms with E-state index >= 15 is 0 Å². The van der Waals surface area contributed by atoms with E-state index in [2.05, 4.69) is 9.97 Å². The number of fused-ring (bicyclic) bond motifs is 1. The van der Waals surface area contributed by atoms with E-state index in [0.29, 0.717) is 39.6 Å². The molecule has 184 valence electrons. The second-order valence-corrected chi connectivity index (χ2v) is 9.96. The van der Waals surface area contributed by atoms with Crippen LogP contribution in [0.4, 0.5) is 0 Å². The van der Waals surface area contributed by atoms with Crippen molar-refractivity contribution in [2.75, 3.05) is 13.2 Å². The number of esters is 1. The van der Waals surface area contributed by atoms with E-state index < -0.39 is 12.1 Å². The van der Waals surface area contributed by atoms with Gasteiger partial charge in [0, 0.05) is 12.6 Å². The van der Waals surface area contributed by atoms with Crippen molar-refractivity contribution >= 4 is 27.5 Å². The van der Waals surface area contributed by atoms with E-state index in [1.165, 1.54) is 11.3 Å². The first-order valence-corrected chi connectivity index (χ1v) is 12.2. The molecule has 3 rings (SSSR count). The number of rotatable bonds is 10. The third kappa shape index (κ3) is 6.22. The minimum atomic E-state index is -0.723. The summed E-state index contributed by atoms with van der Waals surface area (Å²) in [6.45, 7) is 12.1. The second kappa shape index (κ2) is 11.1. The third-order valence-corrected chi connectivity index (χ3v) is 6.60. The van der Waals surface area contributed by atoms with Crippen LogP contribution in [0.5, 0.6) is 5.75 Å². The fraction of sp³-hybridized carbons (Fsp3) is 0.480. The Labute approximate surface area is 203 Å². The van der Waals surface area contributed by atoms with Gasteiger partial charge in [0.2, 0.25) is 0 Å². The Morgan fingerprint density at radius 2 is 1.91 bits per heavy atom. The molecule has 3 aromatic rings. The van der Waals surface area contributed by atoms with Crippen molar-refractivity contribution in [1.82, 2.24) is 14.9 Å². The number of aryl methyl sites for hydroxylation is 2. The van der Waals surface area contributed by atoms with Gasteiger partial charge in [0.05, 0.1) is 18.0 Å². The maximum absolute atomic E-state index is 12.8. The maximum atomic E-state index is 12.8. The van der Waals surface area contributed by atoms with Crippen LogP contribution < -0.4 is 10.3 Å². The van der Waals surface area contributed by atoms with Gasteiger partial charge in [0.15, 0.2) is 0 Å². The van der Waals surface area contributed by atoms with Crippen molar-refractivity contribution in [2.24, 2.45) is 0 Å². The molecule has 0 aliphatic rings. The molecular formula is C25H33N3O5S. The summed E-state index contributed by atoms with van der Waals surface area (Å²) in [4.78, 5) is 35.6. The van der Waals surface area contributed by atoms with Crippen LogP contribution in [0.3, 0.4) is 0 Å². The third-order valence-electron chi connectivity index (χ3n) is 5.43. The number of aliphatic hydroxyl groups is 1. The van der Waals surface area contributed by atoms with Crippen molar-refractivity contribution < 1.29 is 19.4 Å². The normalized spacial score (nSPS) is 12.6. The highest BCUT2D eigenvalue weighted by Gasteiger charge is 2.22. The predicted octanol–water partition coefficient (Wildman–Crippen LogP) is 3.82. The molecular weight excluding hydrogens is 454 g/mol. The van der Waals surface area contributed by atoms with Crippen molar-refractivity contribution in [2.45, 2.75) is 66.3 Å². The minimum absolute atomic E-state index is 0.0933. The summed E-state index contributed by atoms with van der Waals surface area (Å²) in [5.74, 6) is 0.772. The van der Waals surface area contributed by atoms with Gasteiger partial charge in [-0.05, 0) is 58.7 Å². The summed E-state index contributed by atoms with van der Waals surface area (Å²) >= 11 is 1.17. The number of hydrogen-bond acceptors (Lipinski definition) is 8. The zero-order valence-electron chi connectivity index (χ0n) is 20.5. The molecule has 0 radical (unpaired) electrons. The van der Waals surface area contributed by atoms with Gasteiger partial charge in [-0.15, -0.1) is 11.3 Å². The number of benzene rings is 1. The average Bonchev–Trinajstić information content (AvgIpc) is 3.09. The zero-order chi connectivity index (χ0) is 25.0. The number of nitrogens with zero attached hydrogens (tertiary/aromatic N) is 2. The number of thiophene rings is 1. The molecule has 2 heterocycles. The Balaban J connectivity index is 1.75. The molecule has 0 saturated heterocycles. The fourth-order valence-corrected chi connectivity index (χ4v) is 4.69. The van der Waals surface area contributed by atoms with Gasteiger partial charge in [0.25, 0.3) is 5.56 Å². The molecule has 0 bridgehead atoms. The van der Waals surface area contributed by atoms with Crippen LogP contribution in [0, 0.1) is 13.8 Å². The van der Waals surface area contributed by atoms with Gasteiger partial charge >= 0.3 is 5.97 Å². The highest BCUT2D eigenvalue weighted by Crippen LogP contribution is 2.28. The number of H-pyrrole nitrogens is 1. The zero-order valence-corrected chi connectivity index (χ0v) is 21.4. The number of nitrogens with one attached hydrogen (secondary N) is 1. The molecule has 9 heteroatoms. The largest absolute Gasteiger partial charge is 0.491 e. The molecule has 0 fully saturated rings. The predicted molar refractivity (Wildman–Crippen MR) is 134 cm³/mol. The summed E-state index contributed by atoms with van der Waals surface area (Å²) in [5.41, 5.74) is 1.30. The smallest absolute Gasteiger partial charge is 0.348 e. The average molecular weight is 488 g/mol. The van der Waals surface area contributed by atoms with Crippen LogP contribution in [0.2, 0.25) is 0 Å². The summed E-state index contributed by atoms with van der Waals surface area (Å²) in [6.07, 6.45) is -0.974. The number of carbonyl (C=O) groups is 1. The highest BCUT2D eigenvalue weighted by atomic mass is 32.1. The lowest BCUT2D eigenvalue weighted by Crippen LogP contribution is -2.40. The maximum Gasteiger partial charge on any atom is 0.348 e. The van der Waals surface area contributed by atoms with Gasteiger partial charge in [-0.1, -0.05) is 18.2 Å². The molecule has 2 N–H and O–H groups in total. The van der Waals surface area contributed by atoms with E-state index in [9.17, 15) is 14.7 Å². The lowest BCUT2D eigenvalue weighted by molar-refractivity contribution is 0.0383. The Morgan fingerprint density at radius 1 is 1.21 bits per heavy atom. The van der Waals surface area contributed by atoms with Crippen LogP contribution >= 0.6 is 11.3 Å². The first-order valence-electron chi connectivity index (χ1n) is 11.4. The molecule has 0 unspecified atom stereocenters. The Morgan fingerprint density at radius 3 is 2.56 bits per heavy atom. The van der Waals surface area contributed by atoms with Gasteiger partial charge in [0.1, 0.15) is 34.0 Å².